The molecule has 0 saturated heterocycles. The van der Waals surface area contributed by atoms with E-state index in [4.69, 9.17) is 4.74 Å². The lowest BCUT2D eigenvalue weighted by molar-refractivity contribution is 0.109. The molecule has 0 radical (unpaired) electrons. The molecule has 0 fully saturated rings. The van der Waals surface area contributed by atoms with E-state index in [0.29, 0.717) is 0 Å². The average molecular weight is 381 g/mol. The molecule has 27 heavy (non-hydrogen) atoms. The lowest BCUT2D eigenvalue weighted by atomic mass is 10.0. The van der Waals surface area contributed by atoms with Crippen LogP contribution in [0.25, 0.3) is 0 Å². The van der Waals surface area contributed by atoms with Crippen molar-refractivity contribution < 1.29 is 4.74 Å². The molecule has 0 aromatic rings. The summed E-state index contributed by atoms with van der Waals surface area (Å²) >= 11 is 0. The third-order valence-corrected chi connectivity index (χ3v) is 5.60. The Kier molecular flexibility index (Phi) is 16.8. The molecule has 0 aromatic carbocycles. The Balaban J connectivity index is 1.65. The summed E-state index contributed by atoms with van der Waals surface area (Å²) in [5.74, 6) is 0. The van der Waals surface area contributed by atoms with Gasteiger partial charge in [-0.1, -0.05) is 103 Å². The van der Waals surface area contributed by atoms with Crippen LogP contribution >= 0.6 is 0 Å². The molecule has 1 rings (SSSR count). The largest absolute Gasteiger partial charge is 0.380 e. The van der Waals surface area contributed by atoms with Crippen molar-refractivity contribution in [1.29, 1.82) is 0 Å². The van der Waals surface area contributed by atoms with Gasteiger partial charge in [-0.05, 0) is 6.42 Å². The standard InChI is InChI=1S/C24H48N2O/c1-3-4-5-6-7-8-9-10-11-12-13-14-15-16-17-18-22-27-23-21-26-20-19-25(2)24-26/h19-20H,3-18,21-24H2,1-2H3. The van der Waals surface area contributed by atoms with Crippen LogP contribution in [0.3, 0.4) is 0 Å². The van der Waals surface area contributed by atoms with Crippen molar-refractivity contribution in [3.8, 4) is 0 Å². The zero-order chi connectivity index (χ0) is 19.4. The molecule has 0 N–H and O–H groups in total. The van der Waals surface area contributed by atoms with Crippen LogP contribution in [0.1, 0.15) is 110 Å². The SMILES string of the molecule is CCCCCCCCCCCCCCCCCCOCCN1C=CN(C)C1. The zero-order valence-corrected chi connectivity index (χ0v) is 18.6. The number of unbranched alkanes of at least 4 members (excludes halogenated alkanes) is 15. The van der Waals surface area contributed by atoms with E-state index in [1.165, 1.54) is 103 Å². The van der Waals surface area contributed by atoms with E-state index in [1.807, 2.05) is 0 Å². The minimum absolute atomic E-state index is 0.858. The normalized spacial score (nSPS) is 13.9. The maximum atomic E-state index is 5.76. The van der Waals surface area contributed by atoms with Crippen molar-refractivity contribution in [1.82, 2.24) is 9.80 Å². The third kappa shape index (κ3) is 16.0. The first-order valence-corrected chi connectivity index (χ1v) is 12.0. The fraction of sp³-hybridized carbons (Fsp3) is 0.917. The molecule has 0 atom stereocenters. The maximum absolute atomic E-state index is 5.76. The number of rotatable bonds is 20. The van der Waals surface area contributed by atoms with Crippen LogP contribution in [0.4, 0.5) is 0 Å². The van der Waals surface area contributed by atoms with Crippen molar-refractivity contribution in [3.05, 3.63) is 12.4 Å². The smallest absolute Gasteiger partial charge is 0.0891 e. The van der Waals surface area contributed by atoms with Gasteiger partial charge in [0.15, 0.2) is 0 Å². The summed E-state index contributed by atoms with van der Waals surface area (Å²) in [7, 11) is 2.10. The Morgan fingerprint density at radius 2 is 1.11 bits per heavy atom. The van der Waals surface area contributed by atoms with Gasteiger partial charge in [0.05, 0.1) is 13.3 Å². The first-order valence-electron chi connectivity index (χ1n) is 12.0. The minimum Gasteiger partial charge on any atom is -0.380 e. The molecular formula is C24H48N2O. The summed E-state index contributed by atoms with van der Waals surface area (Å²) in [5.41, 5.74) is 0. The minimum atomic E-state index is 0.858. The van der Waals surface area contributed by atoms with Gasteiger partial charge in [-0.25, -0.2) is 0 Å². The lowest BCUT2D eigenvalue weighted by Crippen LogP contribution is -2.25. The summed E-state index contributed by atoms with van der Waals surface area (Å²) in [6.45, 7) is 6.10. The van der Waals surface area contributed by atoms with Crippen LogP contribution in [0.15, 0.2) is 12.4 Å². The molecule has 160 valence electrons. The van der Waals surface area contributed by atoms with Crippen molar-refractivity contribution in [3.63, 3.8) is 0 Å². The Morgan fingerprint density at radius 3 is 1.56 bits per heavy atom. The molecule has 1 aliphatic rings. The number of ether oxygens (including phenoxy) is 1. The summed E-state index contributed by atoms with van der Waals surface area (Å²) in [6.07, 6.45) is 27.0. The summed E-state index contributed by atoms with van der Waals surface area (Å²) < 4.78 is 5.76. The van der Waals surface area contributed by atoms with Crippen LogP contribution in [0.5, 0.6) is 0 Å². The number of hydrogen-bond acceptors (Lipinski definition) is 3. The maximum Gasteiger partial charge on any atom is 0.0891 e. The summed E-state index contributed by atoms with van der Waals surface area (Å²) in [4.78, 5) is 4.49. The Morgan fingerprint density at radius 1 is 0.630 bits per heavy atom. The third-order valence-electron chi connectivity index (χ3n) is 5.60. The van der Waals surface area contributed by atoms with Crippen LogP contribution in [-0.4, -0.2) is 43.3 Å². The number of nitrogens with zero attached hydrogens (tertiary/aromatic N) is 2. The Labute approximate surface area is 170 Å². The van der Waals surface area contributed by atoms with E-state index < -0.39 is 0 Å². The predicted octanol–water partition coefficient (Wildman–Crippen LogP) is 6.94. The van der Waals surface area contributed by atoms with Crippen LogP contribution in [0, 0.1) is 0 Å². The lowest BCUT2D eigenvalue weighted by Gasteiger charge is -2.17. The quantitative estimate of drug-likeness (QED) is 0.213. The first kappa shape index (κ1) is 24.3. The Bertz CT molecular complexity index is 332. The van der Waals surface area contributed by atoms with Crippen LogP contribution in [-0.2, 0) is 4.74 Å². The van der Waals surface area contributed by atoms with Gasteiger partial charge in [0.25, 0.3) is 0 Å². The average Bonchev–Trinajstić information content (AvgIpc) is 3.09. The van der Waals surface area contributed by atoms with E-state index in [0.717, 1.165) is 26.4 Å². The first-order chi connectivity index (χ1) is 13.3. The van der Waals surface area contributed by atoms with Gasteiger partial charge in [0.2, 0.25) is 0 Å². The molecule has 1 heterocycles. The monoisotopic (exact) mass is 380 g/mol. The zero-order valence-electron chi connectivity index (χ0n) is 18.6. The molecule has 0 spiro atoms. The van der Waals surface area contributed by atoms with Gasteiger partial charge in [-0.3, -0.25) is 0 Å². The fourth-order valence-electron chi connectivity index (χ4n) is 3.77. The van der Waals surface area contributed by atoms with E-state index >= 15 is 0 Å². The fourth-order valence-corrected chi connectivity index (χ4v) is 3.77. The molecule has 0 aromatic heterocycles. The van der Waals surface area contributed by atoms with Gasteiger partial charge in [0, 0.05) is 32.6 Å². The van der Waals surface area contributed by atoms with Gasteiger partial charge in [-0.2, -0.15) is 0 Å². The van der Waals surface area contributed by atoms with Gasteiger partial charge < -0.3 is 14.5 Å². The van der Waals surface area contributed by atoms with E-state index in [-0.39, 0.29) is 0 Å². The highest BCUT2D eigenvalue weighted by atomic mass is 16.5. The van der Waals surface area contributed by atoms with E-state index in [9.17, 15) is 0 Å². The highest BCUT2D eigenvalue weighted by molar-refractivity contribution is 4.88. The van der Waals surface area contributed by atoms with Crippen LogP contribution < -0.4 is 0 Å². The van der Waals surface area contributed by atoms with Crippen molar-refractivity contribution >= 4 is 0 Å². The molecule has 0 saturated carbocycles. The van der Waals surface area contributed by atoms with Crippen molar-refractivity contribution in [2.45, 2.75) is 110 Å². The molecule has 3 heteroatoms. The van der Waals surface area contributed by atoms with Gasteiger partial charge in [-0.15, -0.1) is 0 Å². The predicted molar refractivity (Wildman–Crippen MR) is 119 cm³/mol. The summed E-state index contributed by atoms with van der Waals surface area (Å²) in [6, 6.07) is 0. The van der Waals surface area contributed by atoms with Gasteiger partial charge in [0.1, 0.15) is 0 Å². The van der Waals surface area contributed by atoms with Crippen molar-refractivity contribution in [2.75, 3.05) is 33.5 Å². The van der Waals surface area contributed by atoms with E-state index in [1.54, 1.807) is 0 Å². The van der Waals surface area contributed by atoms with Crippen LogP contribution in [0.2, 0.25) is 0 Å². The molecular weight excluding hydrogens is 332 g/mol. The molecule has 0 aliphatic carbocycles. The topological polar surface area (TPSA) is 15.7 Å². The van der Waals surface area contributed by atoms with Crippen molar-refractivity contribution in [2.24, 2.45) is 0 Å². The molecule has 0 amide bonds. The molecule has 3 nitrogen and oxygen atoms in total. The molecule has 1 aliphatic heterocycles. The second kappa shape index (κ2) is 18.7. The summed E-state index contributed by atoms with van der Waals surface area (Å²) in [5, 5.41) is 0. The second-order valence-electron chi connectivity index (χ2n) is 8.42. The Hall–Kier alpha value is -0.700. The highest BCUT2D eigenvalue weighted by Crippen LogP contribution is 2.13. The molecule has 0 unspecified atom stereocenters. The van der Waals surface area contributed by atoms with Gasteiger partial charge >= 0.3 is 0 Å². The number of hydrogen-bond donors (Lipinski definition) is 0. The van der Waals surface area contributed by atoms with E-state index in [2.05, 4.69) is 36.2 Å². The second-order valence-corrected chi connectivity index (χ2v) is 8.42. The highest BCUT2D eigenvalue weighted by Gasteiger charge is 2.06. The molecule has 0 bridgehead atoms.